The van der Waals surface area contributed by atoms with E-state index in [4.69, 9.17) is 9.47 Å². The molecule has 5 rings (SSSR count). The number of hydrogen-bond acceptors (Lipinski definition) is 3. The number of halogens is 1. The first kappa shape index (κ1) is 27.2. The van der Waals surface area contributed by atoms with Crippen molar-refractivity contribution in [2.45, 2.75) is 19.2 Å². The number of amides is 1. The van der Waals surface area contributed by atoms with Crippen molar-refractivity contribution in [3.05, 3.63) is 166 Å². The fourth-order valence-corrected chi connectivity index (χ4v) is 5.15. The highest BCUT2D eigenvalue weighted by Crippen LogP contribution is 2.34. The van der Waals surface area contributed by atoms with Crippen LogP contribution >= 0.6 is 15.9 Å². The molecule has 200 valence electrons. The summed E-state index contributed by atoms with van der Waals surface area (Å²) < 4.78 is 12.6. The zero-order chi connectivity index (χ0) is 27.7. The highest BCUT2D eigenvalue weighted by molar-refractivity contribution is 9.10. The van der Waals surface area contributed by atoms with E-state index in [1.807, 2.05) is 114 Å². The van der Waals surface area contributed by atoms with E-state index in [9.17, 15) is 4.79 Å². The predicted octanol–water partition coefficient (Wildman–Crippen LogP) is 8.47. The second-order valence-corrected chi connectivity index (χ2v) is 10.3. The molecule has 0 aromatic heterocycles. The number of carbonyl (C=O) groups is 1. The van der Waals surface area contributed by atoms with Gasteiger partial charge < -0.3 is 14.4 Å². The predicted molar refractivity (Wildman–Crippen MR) is 163 cm³/mol. The molecule has 0 aliphatic carbocycles. The SMILES string of the molecule is COc1cc(CN(C(=O)c2cccc(Br)c2)C(c2ccccc2)c2ccccc2)ccc1OCc1ccccc1. The maximum Gasteiger partial charge on any atom is 0.254 e. The number of rotatable bonds is 10. The Morgan fingerprint density at radius 1 is 0.700 bits per heavy atom. The van der Waals surface area contributed by atoms with E-state index in [2.05, 4.69) is 40.2 Å². The van der Waals surface area contributed by atoms with Crippen LogP contribution < -0.4 is 9.47 Å². The number of nitrogens with zero attached hydrogens (tertiary/aromatic N) is 1. The third kappa shape index (κ3) is 6.61. The summed E-state index contributed by atoms with van der Waals surface area (Å²) in [6, 6.07) is 43.4. The Bertz CT molecular complexity index is 1500. The maximum atomic E-state index is 14.2. The number of carbonyl (C=O) groups excluding carboxylic acids is 1. The summed E-state index contributed by atoms with van der Waals surface area (Å²) in [5.74, 6) is 1.21. The van der Waals surface area contributed by atoms with Gasteiger partial charge >= 0.3 is 0 Å². The van der Waals surface area contributed by atoms with Crippen molar-refractivity contribution in [3.63, 3.8) is 0 Å². The Morgan fingerprint density at radius 3 is 1.93 bits per heavy atom. The number of ether oxygens (including phenoxy) is 2. The summed E-state index contributed by atoms with van der Waals surface area (Å²) in [6.45, 7) is 0.809. The van der Waals surface area contributed by atoms with Gasteiger partial charge in [0.2, 0.25) is 0 Å². The zero-order valence-electron chi connectivity index (χ0n) is 22.2. The fourth-order valence-electron chi connectivity index (χ4n) is 4.75. The highest BCUT2D eigenvalue weighted by atomic mass is 79.9. The molecule has 0 fully saturated rings. The molecule has 5 aromatic carbocycles. The molecule has 0 bridgehead atoms. The molecule has 0 radical (unpaired) electrons. The van der Waals surface area contributed by atoms with Gasteiger partial charge in [0.05, 0.1) is 13.2 Å². The van der Waals surface area contributed by atoms with Crippen molar-refractivity contribution in [2.24, 2.45) is 0 Å². The van der Waals surface area contributed by atoms with Crippen LogP contribution in [0, 0.1) is 0 Å². The van der Waals surface area contributed by atoms with Gasteiger partial charge in [0.1, 0.15) is 6.61 Å². The van der Waals surface area contributed by atoms with E-state index in [0.717, 1.165) is 26.7 Å². The van der Waals surface area contributed by atoms with Gasteiger partial charge in [0.15, 0.2) is 11.5 Å². The molecule has 0 saturated heterocycles. The molecule has 40 heavy (non-hydrogen) atoms. The van der Waals surface area contributed by atoms with E-state index < -0.39 is 0 Å². The summed E-state index contributed by atoms with van der Waals surface area (Å²) in [5.41, 5.74) is 4.69. The van der Waals surface area contributed by atoms with Crippen molar-refractivity contribution < 1.29 is 14.3 Å². The average molecular weight is 593 g/mol. The fraction of sp³-hybridized carbons (Fsp3) is 0.114. The molecule has 0 heterocycles. The van der Waals surface area contributed by atoms with E-state index in [-0.39, 0.29) is 11.9 Å². The Kier molecular flexibility index (Phi) is 8.94. The molecule has 0 spiro atoms. The third-order valence-electron chi connectivity index (χ3n) is 6.69. The van der Waals surface area contributed by atoms with E-state index >= 15 is 0 Å². The maximum absolute atomic E-state index is 14.2. The molecule has 5 aromatic rings. The van der Waals surface area contributed by atoms with Crippen molar-refractivity contribution in [1.82, 2.24) is 4.90 Å². The topological polar surface area (TPSA) is 38.8 Å². The van der Waals surface area contributed by atoms with Crippen LogP contribution in [0.5, 0.6) is 11.5 Å². The number of benzene rings is 5. The molecule has 0 aliphatic heterocycles. The van der Waals surface area contributed by atoms with Crippen LogP contribution in [0.3, 0.4) is 0 Å². The minimum atomic E-state index is -0.297. The normalized spacial score (nSPS) is 10.8. The van der Waals surface area contributed by atoms with Crippen LogP contribution in [0.15, 0.2) is 138 Å². The second-order valence-electron chi connectivity index (χ2n) is 9.43. The average Bonchev–Trinajstić information content (AvgIpc) is 3.01. The van der Waals surface area contributed by atoms with E-state index in [1.165, 1.54) is 0 Å². The van der Waals surface area contributed by atoms with Crippen molar-refractivity contribution in [2.75, 3.05) is 7.11 Å². The summed E-state index contributed by atoms with van der Waals surface area (Å²) in [7, 11) is 1.63. The molecule has 0 aliphatic rings. The van der Waals surface area contributed by atoms with Crippen LogP contribution in [0.2, 0.25) is 0 Å². The highest BCUT2D eigenvalue weighted by Gasteiger charge is 2.28. The van der Waals surface area contributed by atoms with Crippen molar-refractivity contribution >= 4 is 21.8 Å². The summed E-state index contributed by atoms with van der Waals surface area (Å²) in [6.07, 6.45) is 0. The lowest BCUT2D eigenvalue weighted by Crippen LogP contribution is -2.35. The summed E-state index contributed by atoms with van der Waals surface area (Å²) in [5, 5.41) is 0. The van der Waals surface area contributed by atoms with Crippen LogP contribution in [0.4, 0.5) is 0 Å². The Balaban J connectivity index is 1.52. The quantitative estimate of drug-likeness (QED) is 0.163. The van der Waals surface area contributed by atoms with Gasteiger partial charge in [-0.2, -0.15) is 0 Å². The largest absolute Gasteiger partial charge is 0.493 e. The molecule has 0 unspecified atom stereocenters. The lowest BCUT2D eigenvalue weighted by atomic mass is 9.95. The van der Waals surface area contributed by atoms with Gasteiger partial charge in [0.25, 0.3) is 5.91 Å². The van der Waals surface area contributed by atoms with Gasteiger partial charge in [0, 0.05) is 16.6 Å². The first-order valence-corrected chi connectivity index (χ1v) is 13.9. The number of hydrogen-bond donors (Lipinski definition) is 0. The van der Waals surface area contributed by atoms with Crippen molar-refractivity contribution in [1.29, 1.82) is 0 Å². The Hall–Kier alpha value is -4.35. The standard InChI is InChI=1S/C35H30BrNO3/c1-39-33-22-27(20-21-32(33)40-25-26-12-5-2-6-13-26)24-37(35(38)30-18-11-19-31(36)23-30)34(28-14-7-3-8-15-28)29-16-9-4-10-17-29/h2-23,34H,24-25H2,1H3. The Morgan fingerprint density at radius 2 is 1.32 bits per heavy atom. The van der Waals surface area contributed by atoms with Gasteiger partial charge in [-0.1, -0.05) is 119 Å². The molecular formula is C35H30BrNO3. The first-order chi connectivity index (χ1) is 19.6. The Labute approximate surface area is 244 Å². The minimum Gasteiger partial charge on any atom is -0.493 e. The lowest BCUT2D eigenvalue weighted by Gasteiger charge is -2.33. The molecule has 1 amide bonds. The lowest BCUT2D eigenvalue weighted by molar-refractivity contribution is 0.0690. The third-order valence-corrected chi connectivity index (χ3v) is 7.19. The molecular weight excluding hydrogens is 562 g/mol. The van der Waals surface area contributed by atoms with Crippen LogP contribution in [-0.2, 0) is 13.2 Å². The van der Waals surface area contributed by atoms with Gasteiger partial charge in [-0.3, -0.25) is 4.79 Å². The molecule has 4 nitrogen and oxygen atoms in total. The smallest absolute Gasteiger partial charge is 0.254 e. The van der Waals surface area contributed by atoms with Crippen LogP contribution in [-0.4, -0.2) is 17.9 Å². The van der Waals surface area contributed by atoms with Gasteiger partial charge in [-0.15, -0.1) is 0 Å². The molecule has 0 N–H and O–H groups in total. The first-order valence-electron chi connectivity index (χ1n) is 13.1. The van der Waals surface area contributed by atoms with Gasteiger partial charge in [-0.25, -0.2) is 0 Å². The molecule has 0 saturated carbocycles. The van der Waals surface area contributed by atoms with Crippen LogP contribution in [0.25, 0.3) is 0 Å². The summed E-state index contributed by atoms with van der Waals surface area (Å²) in [4.78, 5) is 16.1. The van der Waals surface area contributed by atoms with E-state index in [1.54, 1.807) is 7.11 Å². The van der Waals surface area contributed by atoms with E-state index in [0.29, 0.717) is 30.2 Å². The molecule has 5 heteroatoms. The monoisotopic (exact) mass is 591 g/mol. The summed E-state index contributed by atoms with van der Waals surface area (Å²) >= 11 is 3.53. The zero-order valence-corrected chi connectivity index (χ0v) is 23.8. The minimum absolute atomic E-state index is 0.0672. The van der Waals surface area contributed by atoms with Crippen LogP contribution in [0.1, 0.15) is 38.7 Å². The second kappa shape index (κ2) is 13.1. The number of methoxy groups -OCH3 is 1. The molecule has 0 atom stereocenters. The van der Waals surface area contributed by atoms with Gasteiger partial charge in [-0.05, 0) is 52.6 Å². The van der Waals surface area contributed by atoms with Crippen molar-refractivity contribution in [3.8, 4) is 11.5 Å².